The Morgan fingerprint density at radius 2 is 0.420 bits per heavy atom. The molecule has 6 heterocycles. The minimum absolute atomic E-state index is 1.04. The fourth-order valence-corrected chi connectivity index (χ4v) is 27.4. The predicted molar refractivity (Wildman–Crippen MR) is 645 cm³/mol. The minimum Gasteiger partial charge on any atom is -0.309 e. The lowest BCUT2D eigenvalue weighted by Gasteiger charge is -2.15. The highest BCUT2D eigenvalue weighted by molar-refractivity contribution is 7.22. The van der Waals surface area contributed by atoms with Crippen LogP contribution in [0.2, 0.25) is 0 Å². The van der Waals surface area contributed by atoms with E-state index in [2.05, 4.69) is 523 Å². The maximum absolute atomic E-state index is 5.19. The van der Waals surface area contributed by atoms with Crippen LogP contribution in [0.5, 0.6) is 0 Å². The second-order valence-electron chi connectivity index (χ2n) is 39.3. The lowest BCUT2D eigenvalue weighted by atomic mass is 9.92. The zero-order valence-electron chi connectivity index (χ0n) is 80.9. The van der Waals surface area contributed by atoms with Crippen molar-refractivity contribution in [3.63, 3.8) is 0 Å². The highest BCUT2D eigenvalue weighted by Gasteiger charge is 2.26. The molecule has 0 saturated carbocycles. The van der Waals surface area contributed by atoms with Crippen molar-refractivity contribution >= 4 is 259 Å². The van der Waals surface area contributed by atoms with Gasteiger partial charge in [0.2, 0.25) is 0 Å². The monoisotopic (exact) mass is 1960 g/mol. The molecule has 0 bridgehead atoms. The van der Waals surface area contributed by atoms with Gasteiger partial charge in [-0.1, -0.05) is 370 Å². The molecule has 0 spiro atoms. The van der Waals surface area contributed by atoms with E-state index in [1.54, 1.807) is 34.0 Å². The fourth-order valence-electron chi connectivity index (χ4n) is 24.4. The molecule has 0 saturated heterocycles. The van der Waals surface area contributed by atoms with Crippen molar-refractivity contribution < 1.29 is 0 Å². The average Bonchev–Trinajstić information content (AvgIpc) is 1.53. The molecule has 0 unspecified atom stereocenters. The Morgan fingerprint density at radius 3 is 0.833 bits per heavy atom. The number of benzene rings is 27. The van der Waals surface area contributed by atoms with Crippen molar-refractivity contribution in [3.05, 3.63) is 510 Å². The summed E-state index contributed by atoms with van der Waals surface area (Å²) in [6.45, 7) is 0. The van der Waals surface area contributed by atoms with E-state index in [9.17, 15) is 0 Å². The smallest absolute Gasteiger partial charge is 0.127 e. The minimum atomic E-state index is 1.04. The summed E-state index contributed by atoms with van der Waals surface area (Å²) in [6.07, 6.45) is 0. The molecule has 33 rings (SSSR count). The number of hydrogen-bond acceptors (Lipinski definition) is 6. The molecular weight excluding hydrogens is 1870 g/mol. The summed E-state index contributed by atoms with van der Waals surface area (Å²) in [7, 11) is 0. The molecule has 6 aromatic heterocycles. The highest BCUT2D eigenvalue weighted by Crippen LogP contribution is 2.50. The van der Waals surface area contributed by atoms with E-state index in [1.807, 2.05) is 0 Å². The van der Waals surface area contributed by atoms with Crippen LogP contribution in [0.25, 0.3) is 307 Å². The number of nitrogens with zero attached hydrogens (tertiary/aromatic N) is 6. The maximum Gasteiger partial charge on any atom is 0.127 e. The van der Waals surface area contributed by atoms with Gasteiger partial charge in [0.15, 0.2) is 0 Å². The lowest BCUT2D eigenvalue weighted by Crippen LogP contribution is -1.98. The summed E-state index contributed by atoms with van der Waals surface area (Å²) in [5, 5.41) is 41.2. The zero-order chi connectivity index (χ0) is 98.3. The Morgan fingerprint density at radius 1 is 0.147 bits per heavy atom. The SMILES string of the molecule is c1ccc2c(-c3nc4ccccc4s3)c(-n3c4ccccc4c4cc(-c5ccc6c7ccccc7c7ccccc7c6c5)ccc43)ccc2c1.c1ccc2c(-c3nc4ccccc4s3)cc(-n3c4ccccc4c4cc(-c5ccc6c7ccccc7c7ccccc7c6c5)ccc43)cc2c1.c1ccc2sc(-c3ccc(-n4c5ccccc5c5cc(-c6ccc7c8ccccc8c8ccccc8c7c6)ccc54)c4ccccc34)nc2c1. The third-order valence-electron chi connectivity index (χ3n) is 31.2. The van der Waals surface area contributed by atoms with Crippen molar-refractivity contribution in [2.75, 3.05) is 0 Å². The van der Waals surface area contributed by atoms with Crippen LogP contribution < -0.4 is 0 Å². The Labute approximate surface area is 872 Å². The van der Waals surface area contributed by atoms with E-state index >= 15 is 0 Å². The van der Waals surface area contributed by atoms with Crippen LogP contribution >= 0.6 is 34.0 Å². The van der Waals surface area contributed by atoms with Gasteiger partial charge in [-0.2, -0.15) is 0 Å². The van der Waals surface area contributed by atoms with Gasteiger partial charge in [-0.25, -0.2) is 15.0 Å². The van der Waals surface area contributed by atoms with E-state index < -0.39 is 0 Å². The van der Waals surface area contributed by atoms with E-state index in [4.69, 9.17) is 15.0 Å². The van der Waals surface area contributed by atoms with Gasteiger partial charge in [0.25, 0.3) is 0 Å². The van der Waals surface area contributed by atoms with Crippen LogP contribution in [0.4, 0.5) is 0 Å². The largest absolute Gasteiger partial charge is 0.309 e. The van der Waals surface area contributed by atoms with Crippen LogP contribution in [-0.4, -0.2) is 28.7 Å². The first kappa shape index (κ1) is 85.5. The van der Waals surface area contributed by atoms with Gasteiger partial charge in [0.1, 0.15) is 15.0 Å². The molecule has 33 aromatic rings. The van der Waals surface area contributed by atoms with Crippen molar-refractivity contribution in [2.24, 2.45) is 0 Å². The molecule has 6 nitrogen and oxygen atoms in total. The topological polar surface area (TPSA) is 53.5 Å². The van der Waals surface area contributed by atoms with Crippen LogP contribution in [0, 0.1) is 0 Å². The average molecular weight is 1960 g/mol. The van der Waals surface area contributed by atoms with Gasteiger partial charge < -0.3 is 13.7 Å². The summed E-state index contributed by atoms with van der Waals surface area (Å²) in [5.41, 5.74) is 24.6. The summed E-state index contributed by atoms with van der Waals surface area (Å²) in [4.78, 5) is 15.3. The highest BCUT2D eigenvalue weighted by atomic mass is 32.1. The van der Waals surface area contributed by atoms with E-state index in [0.717, 1.165) is 48.5 Å². The third-order valence-corrected chi connectivity index (χ3v) is 34.4. The van der Waals surface area contributed by atoms with E-state index in [1.165, 1.54) is 259 Å². The molecule has 9 heteroatoms. The van der Waals surface area contributed by atoms with Gasteiger partial charge in [0.05, 0.1) is 75.1 Å². The molecule has 0 aliphatic heterocycles. The molecule has 27 aromatic carbocycles. The number of fused-ring (bicyclic) bond motifs is 33. The van der Waals surface area contributed by atoms with E-state index in [-0.39, 0.29) is 0 Å². The second-order valence-corrected chi connectivity index (χ2v) is 42.4. The van der Waals surface area contributed by atoms with Crippen molar-refractivity contribution in [1.82, 2.24) is 28.7 Å². The Balaban J connectivity index is 0.000000101. The molecule has 0 fully saturated rings. The van der Waals surface area contributed by atoms with Crippen LogP contribution in [-0.2, 0) is 0 Å². The first-order chi connectivity index (χ1) is 74.4. The van der Waals surface area contributed by atoms with E-state index in [0.29, 0.717) is 0 Å². The summed E-state index contributed by atoms with van der Waals surface area (Å²) in [5.74, 6) is 0. The lowest BCUT2D eigenvalue weighted by molar-refractivity contribution is 1.19. The van der Waals surface area contributed by atoms with Gasteiger partial charge in [-0.15, -0.1) is 34.0 Å². The van der Waals surface area contributed by atoms with Gasteiger partial charge in [-0.3, -0.25) is 0 Å². The molecule has 150 heavy (non-hydrogen) atoms. The molecule has 0 N–H and O–H groups in total. The first-order valence-electron chi connectivity index (χ1n) is 51.1. The molecule has 0 radical (unpaired) electrons. The Hall–Kier alpha value is -18.9. The van der Waals surface area contributed by atoms with Crippen LogP contribution in [0.1, 0.15) is 0 Å². The molecule has 0 aliphatic carbocycles. The predicted octanol–water partition coefficient (Wildman–Crippen LogP) is 40.0. The zero-order valence-corrected chi connectivity index (χ0v) is 83.4. The number of aromatic nitrogens is 6. The van der Waals surface area contributed by atoms with Gasteiger partial charge >= 0.3 is 0 Å². The van der Waals surface area contributed by atoms with Crippen LogP contribution in [0.15, 0.2) is 510 Å². The molecular formula is C141H84N6S3. The van der Waals surface area contributed by atoms with Crippen LogP contribution in [0.3, 0.4) is 0 Å². The number of rotatable bonds is 9. The maximum atomic E-state index is 5.19. The standard InChI is InChI=1S/3C47H28N2S/c1-2-13-33-31(11-1)32-12-3-4-14-34(32)40-27-29(21-23-36(33)40)30-22-25-45-41(28-30)38-17-7-9-19-43(38)49(45)44-26-24-39(35-15-5-6-16-37(35)44)47-48-42-18-8-10-20-46(42)50-47;1-2-12-32-29(11-1)22-26-44(46(32)47-48-41-18-8-10-20-45(41)50-47)49-42-19-9-7-17-38(42)40-28-31(23-25-43(40)49)30-21-24-37-35-15-4-3-13-33(35)34-14-5-6-16-36(34)39(37)27-30;1-2-12-33-31(11-1)25-32(28-42(33)47-48-43-18-8-10-20-46(43)50-47)49-44-19-9-7-17-39(44)41-27-30(22-24-45(41)49)29-21-23-38-36-15-4-3-13-34(36)35-14-5-6-16-37(35)40(38)26-29/h3*1-28H. The molecule has 0 aliphatic rings. The van der Waals surface area contributed by atoms with Crippen molar-refractivity contribution in [1.29, 1.82) is 0 Å². The quantitative estimate of drug-likeness (QED) is 0.135. The fraction of sp³-hybridized carbons (Fsp3) is 0. The second kappa shape index (κ2) is 34.4. The number of thiazole rings is 3. The summed E-state index contributed by atoms with van der Waals surface area (Å²) < 4.78 is 10.9. The van der Waals surface area contributed by atoms with Gasteiger partial charge in [0, 0.05) is 60.1 Å². The molecule has 0 amide bonds. The van der Waals surface area contributed by atoms with Gasteiger partial charge in [-0.05, 0) is 297 Å². The first-order valence-corrected chi connectivity index (χ1v) is 53.6. The summed E-state index contributed by atoms with van der Waals surface area (Å²) in [6, 6.07) is 186. The molecule has 0 atom stereocenters. The number of para-hydroxylation sites is 6. The van der Waals surface area contributed by atoms with Crippen molar-refractivity contribution in [3.8, 4) is 82.2 Å². The Bertz CT molecular complexity index is 11300. The Kier molecular flexibility index (Phi) is 19.6. The van der Waals surface area contributed by atoms with Crippen molar-refractivity contribution in [2.45, 2.75) is 0 Å². The summed E-state index contributed by atoms with van der Waals surface area (Å²) >= 11 is 5.28. The number of hydrogen-bond donors (Lipinski definition) is 0. The normalized spacial score (nSPS) is 12.0. The third kappa shape index (κ3) is 13.6. The molecule has 696 valence electrons.